The summed E-state index contributed by atoms with van der Waals surface area (Å²) in [6.45, 7) is 0. The van der Waals surface area contributed by atoms with Crippen LogP contribution in [0.1, 0.15) is 11.6 Å². The molecule has 0 radical (unpaired) electrons. The van der Waals surface area contributed by atoms with E-state index in [1.165, 1.54) is 42.0 Å². The number of benzene rings is 1. The molecule has 1 aromatic heterocycles. The highest BCUT2D eigenvalue weighted by Crippen LogP contribution is 2.31. The second-order valence-electron chi connectivity index (χ2n) is 4.24. The van der Waals surface area contributed by atoms with Crippen molar-refractivity contribution < 1.29 is 18.3 Å². The summed E-state index contributed by atoms with van der Waals surface area (Å²) in [7, 11) is -2.67. The van der Waals surface area contributed by atoms with Crippen LogP contribution in [0.15, 0.2) is 46.0 Å². The second-order valence-corrected chi connectivity index (χ2v) is 7.43. The number of thiophene rings is 1. The van der Waals surface area contributed by atoms with Gasteiger partial charge in [0.15, 0.2) is 0 Å². The lowest BCUT2D eigenvalue weighted by Gasteiger charge is -2.24. The van der Waals surface area contributed by atoms with E-state index in [2.05, 4.69) is 0 Å². The molecule has 8 heteroatoms. The number of hydrogen-bond donors (Lipinski definition) is 1. The molecule has 0 aliphatic rings. The zero-order chi connectivity index (χ0) is 15.6. The fourth-order valence-corrected chi connectivity index (χ4v) is 4.43. The fourth-order valence-electron chi connectivity index (χ4n) is 1.89. The lowest BCUT2D eigenvalue weighted by atomic mass is 10.1. The Balaban J connectivity index is 2.50. The maximum Gasteiger partial charge on any atom is 0.326 e. The summed E-state index contributed by atoms with van der Waals surface area (Å²) in [6.07, 6.45) is 0. The number of aliphatic carboxylic acids is 1. The van der Waals surface area contributed by atoms with Crippen LogP contribution in [0.5, 0.6) is 0 Å². The summed E-state index contributed by atoms with van der Waals surface area (Å²) in [4.78, 5) is 11.6. The van der Waals surface area contributed by atoms with Crippen molar-refractivity contribution in [1.82, 2.24) is 4.31 Å². The van der Waals surface area contributed by atoms with E-state index in [4.69, 9.17) is 11.6 Å². The molecule has 1 heterocycles. The largest absolute Gasteiger partial charge is 0.480 e. The van der Waals surface area contributed by atoms with Gasteiger partial charge in [0, 0.05) is 23.0 Å². The number of sulfonamides is 1. The smallest absolute Gasteiger partial charge is 0.326 e. The zero-order valence-electron chi connectivity index (χ0n) is 10.9. The summed E-state index contributed by atoms with van der Waals surface area (Å²) < 4.78 is 25.7. The van der Waals surface area contributed by atoms with E-state index in [0.29, 0.717) is 0 Å². The molecule has 1 atom stereocenters. The van der Waals surface area contributed by atoms with Gasteiger partial charge < -0.3 is 5.11 Å². The van der Waals surface area contributed by atoms with Gasteiger partial charge in [0.1, 0.15) is 6.04 Å². The molecular formula is C13H12ClNO4S2. The molecule has 2 aromatic rings. The Kier molecular flexibility index (Phi) is 4.67. The highest BCUT2D eigenvalue weighted by atomic mass is 35.5. The van der Waals surface area contributed by atoms with Crippen LogP contribution in [0.4, 0.5) is 0 Å². The molecule has 0 saturated heterocycles. The van der Waals surface area contributed by atoms with E-state index >= 15 is 0 Å². The predicted molar refractivity (Wildman–Crippen MR) is 81.1 cm³/mol. The predicted octanol–water partition coefficient (Wildman–Crippen LogP) is 2.85. The first-order valence-corrected chi connectivity index (χ1v) is 8.59. The fraction of sp³-hybridized carbons (Fsp3) is 0.154. The Hall–Kier alpha value is -1.41. The molecule has 0 aliphatic carbocycles. The standard InChI is InChI=1S/C13H12ClNO4S2/c1-15(21(18,19)9-6-7-20-8-9)12(13(16)17)10-4-2-3-5-11(10)14/h2-8,12H,1H3,(H,16,17). The highest BCUT2D eigenvalue weighted by molar-refractivity contribution is 7.89. The first kappa shape index (κ1) is 16.0. The van der Waals surface area contributed by atoms with Crippen LogP contribution in [0, 0.1) is 0 Å². The van der Waals surface area contributed by atoms with Gasteiger partial charge in [0.2, 0.25) is 10.0 Å². The third-order valence-electron chi connectivity index (χ3n) is 2.97. The maximum absolute atomic E-state index is 12.4. The summed E-state index contributed by atoms with van der Waals surface area (Å²) in [5.74, 6) is -1.29. The summed E-state index contributed by atoms with van der Waals surface area (Å²) in [5, 5.41) is 12.7. The lowest BCUT2D eigenvalue weighted by Crippen LogP contribution is -2.35. The monoisotopic (exact) mass is 345 g/mol. The van der Waals surface area contributed by atoms with E-state index in [1.807, 2.05) is 0 Å². The lowest BCUT2D eigenvalue weighted by molar-refractivity contribution is -0.141. The van der Waals surface area contributed by atoms with Gasteiger partial charge in [0.25, 0.3) is 0 Å². The molecule has 0 bridgehead atoms. The number of carbonyl (C=O) groups is 1. The quantitative estimate of drug-likeness (QED) is 0.904. The van der Waals surface area contributed by atoms with Crippen LogP contribution >= 0.6 is 22.9 Å². The van der Waals surface area contributed by atoms with Crippen LogP contribution < -0.4 is 0 Å². The number of carboxylic acid groups (broad SMARTS) is 1. The molecular weight excluding hydrogens is 334 g/mol. The molecule has 0 fully saturated rings. The van der Waals surface area contributed by atoms with Crippen molar-refractivity contribution in [3.05, 3.63) is 51.7 Å². The summed E-state index contributed by atoms with van der Waals surface area (Å²) >= 11 is 7.22. The Morgan fingerprint density at radius 3 is 2.52 bits per heavy atom. The number of halogens is 1. The minimum atomic E-state index is -3.90. The van der Waals surface area contributed by atoms with Gasteiger partial charge in [-0.1, -0.05) is 29.8 Å². The Bertz CT molecular complexity index is 743. The molecule has 0 saturated carbocycles. The van der Waals surface area contributed by atoms with E-state index in [-0.39, 0.29) is 15.5 Å². The average Bonchev–Trinajstić information content (AvgIpc) is 2.95. The van der Waals surface area contributed by atoms with Crippen molar-refractivity contribution in [2.24, 2.45) is 0 Å². The Morgan fingerprint density at radius 1 is 1.33 bits per heavy atom. The molecule has 0 aliphatic heterocycles. The molecule has 5 nitrogen and oxygen atoms in total. The number of nitrogens with zero attached hydrogens (tertiary/aromatic N) is 1. The zero-order valence-corrected chi connectivity index (χ0v) is 13.3. The van der Waals surface area contributed by atoms with Gasteiger partial charge >= 0.3 is 5.97 Å². The summed E-state index contributed by atoms with van der Waals surface area (Å²) in [6, 6.07) is 6.34. The molecule has 2 rings (SSSR count). The normalized spacial score (nSPS) is 13.3. The van der Waals surface area contributed by atoms with E-state index in [0.717, 1.165) is 4.31 Å². The molecule has 1 unspecified atom stereocenters. The molecule has 21 heavy (non-hydrogen) atoms. The van der Waals surface area contributed by atoms with Gasteiger partial charge in [0.05, 0.1) is 4.90 Å². The Morgan fingerprint density at radius 2 is 2.00 bits per heavy atom. The number of carboxylic acids is 1. The van der Waals surface area contributed by atoms with Crippen LogP contribution in [-0.4, -0.2) is 30.8 Å². The van der Waals surface area contributed by atoms with E-state index in [9.17, 15) is 18.3 Å². The van der Waals surface area contributed by atoms with Crippen LogP contribution in [-0.2, 0) is 14.8 Å². The van der Waals surface area contributed by atoms with E-state index < -0.39 is 22.0 Å². The van der Waals surface area contributed by atoms with Gasteiger partial charge in [-0.2, -0.15) is 15.6 Å². The van der Waals surface area contributed by atoms with E-state index in [1.54, 1.807) is 17.5 Å². The summed E-state index contributed by atoms with van der Waals surface area (Å²) in [5.41, 5.74) is 0.230. The highest BCUT2D eigenvalue weighted by Gasteiger charge is 2.35. The van der Waals surface area contributed by atoms with Crippen LogP contribution in [0.2, 0.25) is 5.02 Å². The third kappa shape index (κ3) is 3.11. The Labute approximate surface area is 131 Å². The number of hydrogen-bond acceptors (Lipinski definition) is 4. The number of rotatable bonds is 5. The van der Waals surface area contributed by atoms with Gasteiger partial charge in [-0.05, 0) is 17.5 Å². The van der Waals surface area contributed by atoms with Crippen molar-refractivity contribution in [3.63, 3.8) is 0 Å². The number of likely N-dealkylation sites (N-methyl/N-ethyl adjacent to an activating group) is 1. The van der Waals surface area contributed by atoms with Crippen LogP contribution in [0.3, 0.4) is 0 Å². The van der Waals surface area contributed by atoms with Crippen molar-refractivity contribution in [2.75, 3.05) is 7.05 Å². The van der Waals surface area contributed by atoms with Gasteiger partial charge in [-0.15, -0.1) is 0 Å². The molecule has 1 aromatic carbocycles. The maximum atomic E-state index is 12.4. The van der Waals surface area contributed by atoms with Crippen molar-refractivity contribution in [1.29, 1.82) is 0 Å². The molecule has 112 valence electrons. The van der Waals surface area contributed by atoms with Gasteiger partial charge in [-0.3, -0.25) is 4.79 Å². The van der Waals surface area contributed by atoms with Crippen LogP contribution in [0.25, 0.3) is 0 Å². The molecule has 1 N–H and O–H groups in total. The molecule has 0 spiro atoms. The third-order valence-corrected chi connectivity index (χ3v) is 5.96. The topological polar surface area (TPSA) is 74.7 Å². The van der Waals surface area contributed by atoms with Gasteiger partial charge in [-0.25, -0.2) is 8.42 Å². The first-order chi connectivity index (χ1) is 9.85. The molecule has 0 amide bonds. The van der Waals surface area contributed by atoms with Crippen molar-refractivity contribution in [2.45, 2.75) is 10.9 Å². The average molecular weight is 346 g/mol. The first-order valence-electron chi connectivity index (χ1n) is 5.83. The second kappa shape index (κ2) is 6.15. The minimum Gasteiger partial charge on any atom is -0.480 e. The van der Waals surface area contributed by atoms with Crippen molar-refractivity contribution in [3.8, 4) is 0 Å². The van der Waals surface area contributed by atoms with Crippen molar-refractivity contribution >= 4 is 38.9 Å². The SMILES string of the molecule is CN(C(C(=O)O)c1ccccc1Cl)S(=O)(=O)c1ccsc1. The minimum absolute atomic E-state index is 0.0632.